The highest BCUT2D eigenvalue weighted by Gasteiger charge is 2.28. The van der Waals surface area contributed by atoms with Crippen molar-refractivity contribution in [3.63, 3.8) is 0 Å². The van der Waals surface area contributed by atoms with Crippen LogP contribution in [0.15, 0.2) is 54.6 Å². The van der Waals surface area contributed by atoms with Gasteiger partial charge in [0.15, 0.2) is 0 Å². The molecule has 1 saturated heterocycles. The molecule has 1 aliphatic rings. The summed E-state index contributed by atoms with van der Waals surface area (Å²) >= 11 is 5.99. The Bertz CT molecular complexity index is 638. The summed E-state index contributed by atoms with van der Waals surface area (Å²) < 4.78 is 0. The van der Waals surface area contributed by atoms with Crippen molar-refractivity contribution in [3.8, 4) is 0 Å². The van der Waals surface area contributed by atoms with Gasteiger partial charge < -0.3 is 5.32 Å². The summed E-state index contributed by atoms with van der Waals surface area (Å²) in [5.41, 5.74) is 2.38. The van der Waals surface area contributed by atoms with Crippen molar-refractivity contribution in [3.05, 3.63) is 70.7 Å². The first-order valence-electron chi connectivity index (χ1n) is 8.24. The lowest BCUT2D eigenvalue weighted by Crippen LogP contribution is -2.36. The number of piperidine rings is 1. The summed E-state index contributed by atoms with van der Waals surface area (Å²) in [7, 11) is 0. The van der Waals surface area contributed by atoms with Crippen LogP contribution in [0.2, 0.25) is 5.02 Å². The van der Waals surface area contributed by atoms with Gasteiger partial charge in [0.25, 0.3) is 0 Å². The first-order valence-corrected chi connectivity index (χ1v) is 8.62. The number of hydrogen-bond acceptors (Lipinski definition) is 2. The minimum Gasteiger partial charge on any atom is -0.316 e. The van der Waals surface area contributed by atoms with Crippen LogP contribution in [0.25, 0.3) is 0 Å². The third-order valence-corrected chi connectivity index (χ3v) is 4.91. The zero-order chi connectivity index (χ0) is 16.1. The van der Waals surface area contributed by atoms with Crippen molar-refractivity contribution in [2.45, 2.75) is 25.2 Å². The number of halogens is 1. The number of nitrogens with one attached hydrogen (secondary N) is 1. The number of carbonyl (C=O) groups is 1. The topological polar surface area (TPSA) is 29.1 Å². The SMILES string of the molecule is O=C(Cc1ccccc1)CC1CCNCC1c1ccc(Cl)cc1. The largest absolute Gasteiger partial charge is 0.316 e. The summed E-state index contributed by atoms with van der Waals surface area (Å²) in [5, 5.41) is 4.22. The molecule has 23 heavy (non-hydrogen) atoms. The molecule has 2 unspecified atom stereocenters. The van der Waals surface area contributed by atoms with Crippen molar-refractivity contribution in [2.75, 3.05) is 13.1 Å². The number of hydrogen-bond donors (Lipinski definition) is 1. The number of Topliss-reactive ketones (excluding diaryl/α,β-unsaturated/α-hetero) is 1. The van der Waals surface area contributed by atoms with Crippen LogP contribution in [0.3, 0.4) is 0 Å². The van der Waals surface area contributed by atoms with Crippen molar-refractivity contribution in [1.29, 1.82) is 0 Å². The van der Waals surface area contributed by atoms with Crippen LogP contribution in [0.5, 0.6) is 0 Å². The van der Waals surface area contributed by atoms with Gasteiger partial charge in [0.05, 0.1) is 0 Å². The second-order valence-electron chi connectivity index (χ2n) is 6.32. The molecule has 1 aliphatic heterocycles. The Balaban J connectivity index is 1.66. The van der Waals surface area contributed by atoms with Gasteiger partial charge >= 0.3 is 0 Å². The quantitative estimate of drug-likeness (QED) is 0.890. The van der Waals surface area contributed by atoms with Crippen molar-refractivity contribution in [2.24, 2.45) is 5.92 Å². The average Bonchev–Trinajstić information content (AvgIpc) is 2.57. The maximum absolute atomic E-state index is 12.5. The molecule has 2 atom stereocenters. The van der Waals surface area contributed by atoms with Crippen LogP contribution in [-0.4, -0.2) is 18.9 Å². The van der Waals surface area contributed by atoms with Gasteiger partial charge in [-0.3, -0.25) is 4.79 Å². The average molecular weight is 328 g/mol. The molecule has 1 N–H and O–H groups in total. The Labute approximate surface area is 142 Å². The zero-order valence-corrected chi connectivity index (χ0v) is 13.9. The first-order chi connectivity index (χ1) is 11.2. The Kier molecular flexibility index (Phi) is 5.47. The molecular weight excluding hydrogens is 306 g/mol. The van der Waals surface area contributed by atoms with Crippen molar-refractivity contribution < 1.29 is 4.79 Å². The highest BCUT2D eigenvalue weighted by atomic mass is 35.5. The van der Waals surface area contributed by atoms with Crippen LogP contribution in [-0.2, 0) is 11.2 Å². The van der Waals surface area contributed by atoms with Crippen LogP contribution in [0, 0.1) is 5.92 Å². The molecule has 3 rings (SSSR count). The number of rotatable bonds is 5. The van der Waals surface area contributed by atoms with E-state index in [9.17, 15) is 4.79 Å². The van der Waals surface area contributed by atoms with Gasteiger partial charge in [-0.05, 0) is 48.1 Å². The molecule has 120 valence electrons. The summed E-state index contributed by atoms with van der Waals surface area (Å²) in [5.74, 6) is 1.14. The summed E-state index contributed by atoms with van der Waals surface area (Å²) in [6.07, 6.45) is 2.25. The fourth-order valence-electron chi connectivity index (χ4n) is 3.45. The Morgan fingerprint density at radius 2 is 1.83 bits per heavy atom. The molecule has 0 amide bonds. The Hall–Kier alpha value is -1.64. The zero-order valence-electron chi connectivity index (χ0n) is 13.2. The molecule has 1 heterocycles. The molecule has 2 aromatic rings. The lowest BCUT2D eigenvalue weighted by atomic mass is 9.78. The molecule has 0 aliphatic carbocycles. The van der Waals surface area contributed by atoms with E-state index in [0.717, 1.165) is 30.1 Å². The van der Waals surface area contributed by atoms with Gasteiger partial charge in [-0.15, -0.1) is 0 Å². The lowest BCUT2D eigenvalue weighted by Gasteiger charge is -2.32. The summed E-state index contributed by atoms with van der Waals surface area (Å²) in [4.78, 5) is 12.5. The van der Waals surface area contributed by atoms with E-state index in [-0.39, 0.29) is 0 Å². The van der Waals surface area contributed by atoms with Gasteiger partial charge in [-0.25, -0.2) is 0 Å². The van der Waals surface area contributed by atoms with E-state index in [4.69, 9.17) is 11.6 Å². The maximum Gasteiger partial charge on any atom is 0.137 e. The predicted octanol–water partition coefficient (Wildman–Crippen LogP) is 4.24. The fraction of sp³-hybridized carbons (Fsp3) is 0.350. The van der Waals surface area contributed by atoms with Gasteiger partial charge in [0.1, 0.15) is 5.78 Å². The second kappa shape index (κ2) is 7.76. The smallest absolute Gasteiger partial charge is 0.137 e. The number of carbonyl (C=O) groups excluding carboxylic acids is 1. The Morgan fingerprint density at radius 1 is 1.09 bits per heavy atom. The third kappa shape index (κ3) is 4.43. The minimum absolute atomic E-state index is 0.335. The predicted molar refractivity (Wildman–Crippen MR) is 94.9 cm³/mol. The van der Waals surface area contributed by atoms with E-state index < -0.39 is 0 Å². The molecule has 0 bridgehead atoms. The molecule has 2 nitrogen and oxygen atoms in total. The normalized spacial score (nSPS) is 21.1. The van der Waals surface area contributed by atoms with Crippen molar-refractivity contribution >= 4 is 17.4 Å². The van der Waals surface area contributed by atoms with Crippen LogP contribution in [0.4, 0.5) is 0 Å². The lowest BCUT2D eigenvalue weighted by molar-refractivity contribution is -0.119. The van der Waals surface area contributed by atoms with E-state index in [0.29, 0.717) is 30.5 Å². The first kappa shape index (κ1) is 16.2. The van der Waals surface area contributed by atoms with Gasteiger partial charge in [0.2, 0.25) is 0 Å². The molecule has 3 heteroatoms. The molecule has 2 aromatic carbocycles. The summed E-state index contributed by atoms with van der Waals surface area (Å²) in [6, 6.07) is 18.1. The van der Waals surface area contributed by atoms with Crippen LogP contribution >= 0.6 is 11.6 Å². The Morgan fingerprint density at radius 3 is 2.57 bits per heavy atom. The monoisotopic (exact) mass is 327 g/mol. The standard InChI is InChI=1S/C20H22ClNO/c21-18-8-6-16(7-9-18)20-14-22-11-10-17(20)13-19(23)12-15-4-2-1-3-5-15/h1-9,17,20,22H,10-14H2. The van der Waals surface area contributed by atoms with Gasteiger partial charge in [0, 0.05) is 24.4 Å². The van der Waals surface area contributed by atoms with Crippen molar-refractivity contribution in [1.82, 2.24) is 5.32 Å². The molecule has 1 fully saturated rings. The van der Waals surface area contributed by atoms with E-state index in [2.05, 4.69) is 17.4 Å². The number of benzene rings is 2. The summed E-state index contributed by atoms with van der Waals surface area (Å²) in [6.45, 7) is 1.93. The molecule has 0 saturated carbocycles. The van der Waals surface area contributed by atoms with Crippen LogP contribution < -0.4 is 5.32 Å². The van der Waals surface area contributed by atoms with Crippen LogP contribution in [0.1, 0.15) is 29.9 Å². The fourth-order valence-corrected chi connectivity index (χ4v) is 3.57. The van der Waals surface area contributed by atoms with Gasteiger partial charge in [-0.1, -0.05) is 54.1 Å². The van der Waals surface area contributed by atoms with Gasteiger partial charge in [-0.2, -0.15) is 0 Å². The van der Waals surface area contributed by atoms with E-state index in [1.165, 1.54) is 5.56 Å². The molecule has 0 radical (unpaired) electrons. The third-order valence-electron chi connectivity index (χ3n) is 4.66. The second-order valence-corrected chi connectivity index (χ2v) is 6.75. The molecule has 0 aromatic heterocycles. The van der Waals surface area contributed by atoms with E-state index in [1.54, 1.807) is 0 Å². The highest BCUT2D eigenvalue weighted by molar-refractivity contribution is 6.30. The van der Waals surface area contributed by atoms with E-state index in [1.807, 2.05) is 42.5 Å². The number of ketones is 1. The highest BCUT2D eigenvalue weighted by Crippen LogP contribution is 2.32. The molecular formula is C20H22ClNO. The van der Waals surface area contributed by atoms with E-state index >= 15 is 0 Å². The minimum atomic E-state index is 0.335. The maximum atomic E-state index is 12.5. The molecule has 0 spiro atoms.